The number of sulfonamides is 1. The Morgan fingerprint density at radius 3 is 2.60 bits per heavy atom. The second-order valence-corrected chi connectivity index (χ2v) is 5.37. The quantitative estimate of drug-likeness (QED) is 0.819. The van der Waals surface area contributed by atoms with Gasteiger partial charge in [-0.15, -0.1) is 5.10 Å². The van der Waals surface area contributed by atoms with Gasteiger partial charge in [0, 0.05) is 0 Å². The van der Waals surface area contributed by atoms with Crippen molar-refractivity contribution in [2.24, 2.45) is 5.14 Å². The van der Waals surface area contributed by atoms with Gasteiger partial charge in [-0.3, -0.25) is 0 Å². The minimum Gasteiger partial charge on any atom is -0.492 e. The maximum absolute atomic E-state index is 11.1. The van der Waals surface area contributed by atoms with Crippen LogP contribution in [-0.2, 0) is 16.6 Å². The zero-order chi connectivity index (χ0) is 14.6. The molecule has 2 aromatic rings. The van der Waals surface area contributed by atoms with Gasteiger partial charge in [0.1, 0.15) is 24.8 Å². The van der Waals surface area contributed by atoms with Crippen LogP contribution in [0.2, 0.25) is 0 Å². The molecule has 0 aliphatic carbocycles. The van der Waals surface area contributed by atoms with Gasteiger partial charge in [0.15, 0.2) is 0 Å². The third-order valence-corrected chi connectivity index (χ3v) is 3.31. The third kappa shape index (κ3) is 3.53. The van der Waals surface area contributed by atoms with E-state index in [1.165, 1.54) is 35.3 Å². The van der Waals surface area contributed by atoms with E-state index >= 15 is 0 Å². The molecule has 0 aliphatic heterocycles. The van der Waals surface area contributed by atoms with Crippen LogP contribution in [0.4, 0.5) is 0 Å². The molecule has 0 fully saturated rings. The first-order chi connectivity index (χ1) is 9.49. The van der Waals surface area contributed by atoms with E-state index in [1.54, 1.807) is 0 Å². The van der Waals surface area contributed by atoms with Crippen LogP contribution < -0.4 is 9.88 Å². The average molecular weight is 293 g/mol. The molecule has 0 atom stereocenters. The van der Waals surface area contributed by atoms with Gasteiger partial charge < -0.3 is 4.74 Å². The van der Waals surface area contributed by atoms with Gasteiger partial charge in [0.05, 0.1) is 11.4 Å². The predicted molar refractivity (Wildman–Crippen MR) is 68.0 cm³/mol. The first-order valence-corrected chi connectivity index (χ1v) is 7.09. The molecular formula is C11H11N5O3S. The van der Waals surface area contributed by atoms with E-state index in [2.05, 4.69) is 10.1 Å². The highest BCUT2D eigenvalue weighted by atomic mass is 32.2. The van der Waals surface area contributed by atoms with Gasteiger partial charge in [-0.2, -0.15) is 5.26 Å². The molecule has 0 aliphatic rings. The van der Waals surface area contributed by atoms with Crippen molar-refractivity contribution >= 4 is 10.0 Å². The van der Waals surface area contributed by atoms with Crippen molar-refractivity contribution in [1.29, 1.82) is 5.26 Å². The Hall–Kier alpha value is -2.44. The minimum atomic E-state index is -3.69. The van der Waals surface area contributed by atoms with E-state index in [0.717, 1.165) is 0 Å². The Labute approximate surface area is 115 Å². The van der Waals surface area contributed by atoms with Crippen molar-refractivity contribution in [2.45, 2.75) is 11.4 Å². The van der Waals surface area contributed by atoms with Crippen LogP contribution in [0, 0.1) is 11.3 Å². The number of benzene rings is 1. The number of hydrogen-bond donors (Lipinski definition) is 1. The molecule has 0 radical (unpaired) electrons. The molecule has 0 amide bonds. The number of nitrogens with zero attached hydrogens (tertiary/aromatic N) is 4. The second-order valence-electron chi connectivity index (χ2n) is 3.81. The van der Waals surface area contributed by atoms with Crippen LogP contribution in [-0.4, -0.2) is 29.8 Å². The summed E-state index contributed by atoms with van der Waals surface area (Å²) in [4.78, 5) is 3.78. The number of ether oxygens (including phenoxy) is 1. The molecule has 0 saturated carbocycles. The van der Waals surface area contributed by atoms with E-state index in [9.17, 15) is 8.42 Å². The van der Waals surface area contributed by atoms with E-state index < -0.39 is 10.0 Å². The number of primary sulfonamides is 1. The summed E-state index contributed by atoms with van der Waals surface area (Å²) in [6.07, 6.45) is 1.44. The monoisotopic (exact) mass is 293 g/mol. The number of aromatic nitrogens is 3. The van der Waals surface area contributed by atoms with E-state index in [4.69, 9.17) is 15.1 Å². The maximum atomic E-state index is 11.1. The Bertz CT molecular complexity index is 730. The molecule has 0 bridgehead atoms. The smallest absolute Gasteiger partial charge is 0.252 e. The fraction of sp³-hybridized carbons (Fsp3) is 0.182. The highest BCUT2D eigenvalue weighted by Gasteiger charge is 2.07. The average Bonchev–Trinajstić information content (AvgIpc) is 2.86. The molecule has 8 nitrogen and oxygen atoms in total. The van der Waals surface area contributed by atoms with Gasteiger partial charge in [-0.05, 0) is 24.3 Å². The molecule has 0 spiro atoms. The van der Waals surface area contributed by atoms with Crippen LogP contribution in [0.25, 0.3) is 0 Å². The molecule has 1 aromatic heterocycles. The zero-order valence-corrected chi connectivity index (χ0v) is 11.1. The lowest BCUT2D eigenvalue weighted by molar-refractivity contribution is 0.291. The van der Waals surface area contributed by atoms with Crippen LogP contribution in [0.15, 0.2) is 35.5 Å². The van der Waals surface area contributed by atoms with E-state index in [0.29, 0.717) is 18.9 Å². The van der Waals surface area contributed by atoms with Crippen molar-refractivity contribution in [1.82, 2.24) is 14.8 Å². The fourth-order valence-corrected chi connectivity index (χ4v) is 1.95. The molecule has 104 valence electrons. The summed E-state index contributed by atoms with van der Waals surface area (Å²) in [5, 5.41) is 17.4. The molecule has 20 heavy (non-hydrogen) atoms. The van der Waals surface area contributed by atoms with Crippen LogP contribution >= 0.6 is 0 Å². The summed E-state index contributed by atoms with van der Waals surface area (Å²) in [5.74, 6) is 0.612. The first kappa shape index (κ1) is 14.0. The number of rotatable bonds is 5. The second kappa shape index (κ2) is 5.68. The third-order valence-electron chi connectivity index (χ3n) is 2.38. The zero-order valence-electron chi connectivity index (χ0n) is 10.3. The molecule has 0 unspecified atom stereocenters. The molecule has 9 heteroatoms. The lowest BCUT2D eigenvalue weighted by atomic mass is 10.3. The maximum Gasteiger partial charge on any atom is 0.252 e. The fourth-order valence-electron chi connectivity index (χ4n) is 1.44. The molecule has 2 N–H and O–H groups in total. The molecular weight excluding hydrogens is 282 g/mol. The largest absolute Gasteiger partial charge is 0.492 e. The van der Waals surface area contributed by atoms with Crippen molar-refractivity contribution < 1.29 is 13.2 Å². The van der Waals surface area contributed by atoms with E-state index in [1.807, 2.05) is 6.07 Å². The Kier molecular flexibility index (Phi) is 3.97. The number of nitriles is 1. The highest BCUT2D eigenvalue weighted by molar-refractivity contribution is 7.89. The summed E-state index contributed by atoms with van der Waals surface area (Å²) >= 11 is 0. The topological polar surface area (TPSA) is 124 Å². The predicted octanol–water partition coefficient (Wildman–Crippen LogP) is -0.124. The van der Waals surface area contributed by atoms with Crippen molar-refractivity contribution in [3.8, 4) is 11.8 Å². The van der Waals surface area contributed by atoms with Crippen LogP contribution in [0.1, 0.15) is 5.82 Å². The minimum absolute atomic E-state index is 0.0276. The van der Waals surface area contributed by atoms with Crippen molar-refractivity contribution in [3.05, 3.63) is 36.4 Å². The normalized spacial score (nSPS) is 11.0. The Morgan fingerprint density at radius 2 is 2.05 bits per heavy atom. The lowest BCUT2D eigenvalue weighted by Gasteiger charge is -2.06. The summed E-state index contributed by atoms with van der Waals surface area (Å²) in [6.45, 7) is 0.731. The van der Waals surface area contributed by atoms with E-state index in [-0.39, 0.29) is 10.7 Å². The number of nitrogens with two attached hydrogens (primary N) is 1. The van der Waals surface area contributed by atoms with Gasteiger partial charge in [0.25, 0.3) is 5.82 Å². The summed E-state index contributed by atoms with van der Waals surface area (Å²) in [7, 11) is -3.69. The molecule has 1 heterocycles. The van der Waals surface area contributed by atoms with Crippen molar-refractivity contribution in [3.63, 3.8) is 0 Å². The van der Waals surface area contributed by atoms with Crippen LogP contribution in [0.3, 0.4) is 0 Å². The molecule has 0 saturated heterocycles. The van der Waals surface area contributed by atoms with Crippen molar-refractivity contribution in [2.75, 3.05) is 6.61 Å². The number of hydrogen-bond acceptors (Lipinski definition) is 6. The first-order valence-electron chi connectivity index (χ1n) is 5.54. The Morgan fingerprint density at radius 1 is 1.35 bits per heavy atom. The van der Waals surface area contributed by atoms with Crippen LogP contribution in [0.5, 0.6) is 5.75 Å². The summed E-state index contributed by atoms with van der Waals surface area (Å²) < 4.78 is 29.0. The molecule has 2 rings (SSSR count). The van der Waals surface area contributed by atoms with Gasteiger partial charge in [0.2, 0.25) is 10.0 Å². The standard InChI is InChI=1S/C11H11N5O3S/c12-7-11-14-8-16(15-11)5-6-19-9-1-3-10(4-2-9)20(13,17)18/h1-4,8H,5-6H2,(H2,13,17,18). The lowest BCUT2D eigenvalue weighted by Crippen LogP contribution is -2.12. The summed E-state index contributed by atoms with van der Waals surface area (Å²) in [5.41, 5.74) is 0. The molecule has 1 aromatic carbocycles. The SMILES string of the molecule is N#Cc1ncn(CCOc2ccc(S(N)(=O)=O)cc2)n1. The summed E-state index contributed by atoms with van der Waals surface area (Å²) in [6, 6.07) is 7.59. The highest BCUT2D eigenvalue weighted by Crippen LogP contribution is 2.14. The van der Waals surface area contributed by atoms with Gasteiger partial charge in [-0.25, -0.2) is 23.2 Å². The van der Waals surface area contributed by atoms with Gasteiger partial charge in [-0.1, -0.05) is 0 Å². The Balaban J connectivity index is 1.90. The van der Waals surface area contributed by atoms with Gasteiger partial charge >= 0.3 is 0 Å².